The van der Waals surface area contributed by atoms with Gasteiger partial charge in [0, 0.05) is 5.57 Å². The van der Waals surface area contributed by atoms with Crippen LogP contribution in [0.2, 0.25) is 0 Å². The maximum atomic E-state index is 11.1. The number of carboxylic acids is 1. The second-order valence-corrected chi connectivity index (χ2v) is 2.92. The highest BCUT2D eigenvalue weighted by Gasteiger charge is 2.27. The smallest absolute Gasteiger partial charge is 0.333 e. The maximum Gasteiger partial charge on any atom is 0.333 e. The summed E-state index contributed by atoms with van der Waals surface area (Å²) in [5.74, 6) is -1.68. The first-order chi connectivity index (χ1) is 6.15. The van der Waals surface area contributed by atoms with Crippen molar-refractivity contribution in [1.82, 2.24) is 0 Å². The van der Waals surface area contributed by atoms with Gasteiger partial charge in [-0.3, -0.25) is 4.79 Å². The average molecular weight is 184 g/mol. The Hall–Kier alpha value is -1.32. The summed E-state index contributed by atoms with van der Waals surface area (Å²) in [6.45, 7) is 2.05. The SMILES string of the molecule is CCOC(=O)C1=CCC(C(=O)O)C1. The van der Waals surface area contributed by atoms with Gasteiger partial charge in [-0.1, -0.05) is 6.08 Å². The Balaban J connectivity index is 2.48. The minimum Gasteiger partial charge on any atom is -0.481 e. The first kappa shape index (κ1) is 9.77. The van der Waals surface area contributed by atoms with Gasteiger partial charge < -0.3 is 9.84 Å². The van der Waals surface area contributed by atoms with Crippen LogP contribution in [0.4, 0.5) is 0 Å². The number of allylic oxidation sites excluding steroid dienone is 1. The molecule has 0 aliphatic heterocycles. The zero-order valence-corrected chi connectivity index (χ0v) is 7.45. The van der Waals surface area contributed by atoms with Crippen LogP contribution in [0.1, 0.15) is 19.8 Å². The van der Waals surface area contributed by atoms with Crippen molar-refractivity contribution in [2.45, 2.75) is 19.8 Å². The second kappa shape index (κ2) is 4.07. The predicted octanol–water partition coefficient (Wildman–Crippen LogP) is 0.971. The van der Waals surface area contributed by atoms with Crippen molar-refractivity contribution in [2.24, 2.45) is 5.92 Å². The highest BCUT2D eigenvalue weighted by atomic mass is 16.5. The van der Waals surface area contributed by atoms with Crippen molar-refractivity contribution < 1.29 is 19.4 Å². The number of carbonyl (C=O) groups excluding carboxylic acids is 1. The van der Waals surface area contributed by atoms with Gasteiger partial charge in [-0.25, -0.2) is 4.79 Å². The number of ether oxygens (including phenoxy) is 1. The molecule has 0 saturated heterocycles. The van der Waals surface area contributed by atoms with Gasteiger partial charge in [0.15, 0.2) is 0 Å². The molecule has 1 aliphatic rings. The molecule has 1 unspecified atom stereocenters. The molecule has 0 spiro atoms. The van der Waals surface area contributed by atoms with E-state index >= 15 is 0 Å². The first-order valence-electron chi connectivity index (χ1n) is 4.24. The monoisotopic (exact) mass is 184 g/mol. The van der Waals surface area contributed by atoms with Crippen molar-refractivity contribution in [2.75, 3.05) is 6.61 Å². The van der Waals surface area contributed by atoms with Crippen molar-refractivity contribution >= 4 is 11.9 Å². The molecule has 1 aliphatic carbocycles. The van der Waals surface area contributed by atoms with Gasteiger partial charge in [0.2, 0.25) is 0 Å². The summed E-state index contributed by atoms with van der Waals surface area (Å²) in [6.07, 6.45) is 2.38. The molecule has 0 aromatic rings. The van der Waals surface area contributed by atoms with Crippen molar-refractivity contribution in [3.8, 4) is 0 Å². The van der Waals surface area contributed by atoms with Crippen LogP contribution in [0.3, 0.4) is 0 Å². The number of hydrogen-bond acceptors (Lipinski definition) is 3. The maximum absolute atomic E-state index is 11.1. The summed E-state index contributed by atoms with van der Waals surface area (Å²) >= 11 is 0. The van der Waals surface area contributed by atoms with E-state index in [0.717, 1.165) is 0 Å². The molecule has 0 fully saturated rings. The van der Waals surface area contributed by atoms with Crippen molar-refractivity contribution in [3.05, 3.63) is 11.6 Å². The molecule has 4 nitrogen and oxygen atoms in total. The van der Waals surface area contributed by atoms with E-state index in [2.05, 4.69) is 0 Å². The fourth-order valence-electron chi connectivity index (χ4n) is 1.30. The number of carboxylic acid groups (broad SMARTS) is 1. The molecule has 0 amide bonds. The Labute approximate surface area is 76.2 Å². The van der Waals surface area contributed by atoms with Gasteiger partial charge in [0.1, 0.15) is 0 Å². The first-order valence-corrected chi connectivity index (χ1v) is 4.24. The van der Waals surface area contributed by atoms with E-state index in [1.54, 1.807) is 13.0 Å². The van der Waals surface area contributed by atoms with Gasteiger partial charge in [-0.2, -0.15) is 0 Å². The van der Waals surface area contributed by atoms with E-state index < -0.39 is 11.9 Å². The molecule has 13 heavy (non-hydrogen) atoms. The number of hydrogen-bond donors (Lipinski definition) is 1. The third-order valence-corrected chi connectivity index (χ3v) is 2.00. The van der Waals surface area contributed by atoms with E-state index in [1.807, 2.05) is 0 Å². The number of rotatable bonds is 3. The fourth-order valence-corrected chi connectivity index (χ4v) is 1.30. The molecule has 0 bridgehead atoms. The van der Waals surface area contributed by atoms with Gasteiger partial charge in [-0.15, -0.1) is 0 Å². The van der Waals surface area contributed by atoms with E-state index in [9.17, 15) is 9.59 Å². The summed E-state index contributed by atoms with van der Waals surface area (Å²) in [4.78, 5) is 21.7. The second-order valence-electron chi connectivity index (χ2n) is 2.92. The molecular formula is C9H12O4. The van der Waals surface area contributed by atoms with E-state index in [-0.39, 0.29) is 5.97 Å². The van der Waals surface area contributed by atoms with Crippen molar-refractivity contribution in [3.63, 3.8) is 0 Å². The molecule has 1 N–H and O–H groups in total. The van der Waals surface area contributed by atoms with E-state index in [4.69, 9.17) is 9.84 Å². The Morgan fingerprint density at radius 1 is 1.69 bits per heavy atom. The lowest BCUT2D eigenvalue weighted by molar-refractivity contribution is -0.141. The molecule has 1 atom stereocenters. The fraction of sp³-hybridized carbons (Fsp3) is 0.556. The molecular weight excluding hydrogens is 172 g/mol. The lowest BCUT2D eigenvalue weighted by Crippen LogP contribution is -2.12. The summed E-state index contributed by atoms with van der Waals surface area (Å²) in [6, 6.07) is 0. The van der Waals surface area contributed by atoms with Gasteiger partial charge in [0.25, 0.3) is 0 Å². The number of carbonyl (C=O) groups is 2. The number of esters is 1. The van der Waals surface area contributed by atoms with Crippen LogP contribution in [0.5, 0.6) is 0 Å². The minimum atomic E-state index is -0.851. The summed E-state index contributed by atoms with van der Waals surface area (Å²) in [7, 11) is 0. The third kappa shape index (κ3) is 2.31. The van der Waals surface area contributed by atoms with Gasteiger partial charge in [0.05, 0.1) is 12.5 Å². The Bertz CT molecular complexity index is 254. The van der Waals surface area contributed by atoms with Crippen LogP contribution >= 0.6 is 0 Å². The molecule has 72 valence electrons. The van der Waals surface area contributed by atoms with Crippen LogP contribution in [0, 0.1) is 5.92 Å². The third-order valence-electron chi connectivity index (χ3n) is 2.00. The quantitative estimate of drug-likeness (QED) is 0.664. The van der Waals surface area contributed by atoms with Gasteiger partial charge >= 0.3 is 11.9 Å². The minimum absolute atomic E-state index is 0.300. The van der Waals surface area contributed by atoms with Crippen LogP contribution in [-0.4, -0.2) is 23.7 Å². The highest BCUT2D eigenvalue weighted by Crippen LogP contribution is 2.25. The zero-order valence-electron chi connectivity index (χ0n) is 7.45. The van der Waals surface area contributed by atoms with Crippen LogP contribution in [0.15, 0.2) is 11.6 Å². The lowest BCUT2D eigenvalue weighted by atomic mass is 10.1. The molecule has 1 rings (SSSR count). The largest absolute Gasteiger partial charge is 0.481 e. The van der Waals surface area contributed by atoms with Crippen LogP contribution < -0.4 is 0 Å². The molecule has 0 aromatic heterocycles. The van der Waals surface area contributed by atoms with Crippen LogP contribution in [-0.2, 0) is 14.3 Å². The predicted molar refractivity (Wildman–Crippen MR) is 45.1 cm³/mol. The zero-order chi connectivity index (χ0) is 9.84. The van der Waals surface area contributed by atoms with Crippen LogP contribution in [0.25, 0.3) is 0 Å². The van der Waals surface area contributed by atoms with E-state index in [1.165, 1.54) is 0 Å². The summed E-state index contributed by atoms with van der Waals surface area (Å²) in [5, 5.41) is 8.66. The van der Waals surface area contributed by atoms with E-state index in [0.29, 0.717) is 25.0 Å². The molecule has 0 aromatic carbocycles. The molecule has 0 saturated carbocycles. The normalized spacial score (nSPS) is 21.0. The molecule has 4 heteroatoms. The number of aliphatic carboxylic acids is 1. The standard InChI is InChI=1S/C9H12O4/c1-2-13-9(12)7-4-3-6(5-7)8(10)11/h4,6H,2-3,5H2,1H3,(H,10,11). The topological polar surface area (TPSA) is 63.6 Å². The molecule has 0 radical (unpaired) electrons. The Kier molecular flexibility index (Phi) is 3.06. The average Bonchev–Trinajstić information content (AvgIpc) is 2.52. The lowest BCUT2D eigenvalue weighted by Gasteiger charge is -2.03. The molecule has 0 heterocycles. The van der Waals surface area contributed by atoms with Crippen molar-refractivity contribution in [1.29, 1.82) is 0 Å². The highest BCUT2D eigenvalue weighted by molar-refractivity contribution is 5.90. The summed E-state index contributed by atoms with van der Waals surface area (Å²) in [5.41, 5.74) is 0.495. The Morgan fingerprint density at radius 2 is 2.38 bits per heavy atom. The Morgan fingerprint density at radius 3 is 2.85 bits per heavy atom. The van der Waals surface area contributed by atoms with Gasteiger partial charge in [-0.05, 0) is 19.8 Å². The summed E-state index contributed by atoms with van der Waals surface area (Å²) < 4.78 is 4.75.